The van der Waals surface area contributed by atoms with Crippen molar-refractivity contribution in [2.24, 2.45) is 11.3 Å². The molecule has 0 bridgehead atoms. The van der Waals surface area contributed by atoms with E-state index in [4.69, 9.17) is 24.9 Å². The van der Waals surface area contributed by atoms with Crippen molar-refractivity contribution in [2.45, 2.75) is 53.1 Å². The topological polar surface area (TPSA) is 62.9 Å². The zero-order valence-corrected chi connectivity index (χ0v) is 14.6. The van der Waals surface area contributed by atoms with Gasteiger partial charge in [0.2, 0.25) is 11.5 Å². The predicted molar refractivity (Wildman–Crippen MR) is 87.8 cm³/mol. The van der Waals surface area contributed by atoms with Crippen LogP contribution in [0.5, 0.6) is 23.0 Å². The van der Waals surface area contributed by atoms with Crippen LogP contribution >= 0.6 is 0 Å². The van der Waals surface area contributed by atoms with Crippen molar-refractivity contribution in [1.82, 2.24) is 0 Å². The normalized spacial score (nSPS) is 12.7. The molecule has 0 amide bonds. The highest BCUT2D eigenvalue weighted by atomic mass is 16.6. The molecule has 5 heteroatoms. The van der Waals surface area contributed by atoms with E-state index in [1.54, 1.807) is 26.4 Å². The molecule has 1 aromatic carbocycles. The van der Waals surface area contributed by atoms with Crippen molar-refractivity contribution in [3.05, 3.63) is 12.1 Å². The molecular formula is C17H29NO4. The van der Waals surface area contributed by atoms with Gasteiger partial charge in [-0.1, -0.05) is 20.8 Å². The Bertz CT molecular complexity index is 464. The highest BCUT2D eigenvalue weighted by Crippen LogP contribution is 2.46. The first kappa shape index (κ1) is 18.4. The number of ether oxygens (including phenoxy) is 3. The summed E-state index contributed by atoms with van der Waals surface area (Å²) in [6.45, 7) is 8.72. The van der Waals surface area contributed by atoms with Crippen LogP contribution < -0.4 is 24.9 Å². The third kappa shape index (κ3) is 3.40. The average Bonchev–Trinajstić information content (AvgIpc) is 2.56. The fourth-order valence-corrected chi connectivity index (χ4v) is 3.03. The fraction of sp³-hybridized carbons (Fsp3) is 0.647. The molecule has 0 aromatic heterocycles. The van der Waals surface area contributed by atoms with Gasteiger partial charge in [0.15, 0.2) is 11.5 Å². The highest BCUT2D eigenvalue weighted by Gasteiger charge is 2.33. The van der Waals surface area contributed by atoms with Crippen LogP contribution in [0.3, 0.4) is 0 Å². The van der Waals surface area contributed by atoms with Gasteiger partial charge in [-0.05, 0) is 38.3 Å². The Morgan fingerprint density at radius 3 is 1.82 bits per heavy atom. The molecule has 0 heterocycles. The van der Waals surface area contributed by atoms with Gasteiger partial charge in [0.1, 0.15) is 6.10 Å². The number of methoxy groups -OCH3 is 2. The Kier molecular flexibility index (Phi) is 6.81. The summed E-state index contributed by atoms with van der Waals surface area (Å²) in [4.78, 5) is 4.81. The maximum Gasteiger partial charge on any atom is 0.209 e. The summed E-state index contributed by atoms with van der Waals surface area (Å²) in [5.41, 5.74) is 0.140. The van der Waals surface area contributed by atoms with Crippen LogP contribution in [0.4, 0.5) is 0 Å². The Hall–Kier alpha value is -1.62. The van der Waals surface area contributed by atoms with Gasteiger partial charge < -0.3 is 19.0 Å². The van der Waals surface area contributed by atoms with E-state index in [2.05, 4.69) is 27.7 Å². The number of hydrogen-bond acceptors (Lipinski definition) is 5. The number of nitrogens with two attached hydrogens (primary N) is 1. The molecule has 0 aliphatic heterocycles. The van der Waals surface area contributed by atoms with Crippen molar-refractivity contribution < 1.29 is 19.0 Å². The minimum Gasteiger partial charge on any atom is -0.490 e. The summed E-state index contributed by atoms with van der Waals surface area (Å²) in [5.74, 6) is 7.23. The van der Waals surface area contributed by atoms with Crippen LogP contribution in [0.2, 0.25) is 0 Å². The maximum absolute atomic E-state index is 6.22. The van der Waals surface area contributed by atoms with E-state index < -0.39 is 0 Å². The predicted octanol–water partition coefficient (Wildman–Crippen LogP) is 3.94. The van der Waals surface area contributed by atoms with E-state index in [0.29, 0.717) is 23.0 Å². The second-order valence-electron chi connectivity index (χ2n) is 5.43. The molecule has 1 atom stereocenters. The van der Waals surface area contributed by atoms with E-state index >= 15 is 0 Å². The van der Waals surface area contributed by atoms with Gasteiger partial charge in [0.05, 0.1) is 14.2 Å². The van der Waals surface area contributed by atoms with Crippen LogP contribution in [-0.4, -0.2) is 20.3 Å². The molecule has 1 rings (SSSR count). The SMILES string of the molecule is CCC(CC)(CC)C(C)Oc1ccc(ON)c(OC)c1OC. The van der Waals surface area contributed by atoms with Gasteiger partial charge in [-0.3, -0.25) is 0 Å². The van der Waals surface area contributed by atoms with E-state index in [-0.39, 0.29) is 11.5 Å². The number of hydrogen-bond donors (Lipinski definition) is 1. The monoisotopic (exact) mass is 311 g/mol. The molecule has 22 heavy (non-hydrogen) atoms. The molecule has 0 radical (unpaired) electrons. The van der Waals surface area contributed by atoms with Crippen LogP contribution in [0.15, 0.2) is 12.1 Å². The Morgan fingerprint density at radius 2 is 1.41 bits per heavy atom. The van der Waals surface area contributed by atoms with Gasteiger partial charge in [0.25, 0.3) is 0 Å². The summed E-state index contributed by atoms with van der Waals surface area (Å²) < 4.78 is 17.0. The lowest BCUT2D eigenvalue weighted by Crippen LogP contribution is -2.35. The van der Waals surface area contributed by atoms with Crippen LogP contribution in [0.1, 0.15) is 47.0 Å². The van der Waals surface area contributed by atoms with Gasteiger partial charge in [-0.15, -0.1) is 0 Å². The van der Waals surface area contributed by atoms with Gasteiger partial charge in [-0.25, -0.2) is 0 Å². The minimum absolute atomic E-state index is 0.0516. The summed E-state index contributed by atoms with van der Waals surface area (Å²) in [6.07, 6.45) is 3.23. The summed E-state index contributed by atoms with van der Waals surface area (Å²) in [7, 11) is 3.12. The fourth-order valence-electron chi connectivity index (χ4n) is 3.03. The Morgan fingerprint density at radius 1 is 0.955 bits per heavy atom. The third-order valence-corrected chi connectivity index (χ3v) is 4.85. The van der Waals surface area contributed by atoms with Crippen molar-refractivity contribution >= 4 is 0 Å². The van der Waals surface area contributed by atoms with Crippen molar-refractivity contribution in [2.75, 3.05) is 14.2 Å². The standard InChI is InChI=1S/C17H29NO4/c1-7-17(8-2,9-3)12(4)21-13-10-11-14(22-18)16(20-6)15(13)19-5/h10-12H,7-9,18H2,1-6H3. The largest absolute Gasteiger partial charge is 0.490 e. The van der Waals surface area contributed by atoms with Crippen molar-refractivity contribution in [1.29, 1.82) is 0 Å². The maximum atomic E-state index is 6.22. The lowest BCUT2D eigenvalue weighted by atomic mass is 9.75. The zero-order chi connectivity index (χ0) is 16.8. The number of benzene rings is 1. The van der Waals surface area contributed by atoms with E-state index in [9.17, 15) is 0 Å². The molecule has 1 unspecified atom stereocenters. The molecule has 5 nitrogen and oxygen atoms in total. The molecule has 2 N–H and O–H groups in total. The van der Waals surface area contributed by atoms with E-state index in [1.807, 2.05) is 0 Å². The summed E-state index contributed by atoms with van der Waals surface area (Å²) in [6, 6.07) is 3.51. The smallest absolute Gasteiger partial charge is 0.209 e. The average molecular weight is 311 g/mol. The molecular weight excluding hydrogens is 282 g/mol. The first-order chi connectivity index (χ1) is 10.5. The first-order valence-electron chi connectivity index (χ1n) is 7.81. The van der Waals surface area contributed by atoms with Crippen LogP contribution in [0.25, 0.3) is 0 Å². The van der Waals surface area contributed by atoms with Crippen molar-refractivity contribution in [3.8, 4) is 23.0 Å². The van der Waals surface area contributed by atoms with Gasteiger partial charge >= 0.3 is 0 Å². The van der Waals surface area contributed by atoms with Crippen LogP contribution in [-0.2, 0) is 0 Å². The Labute approximate surface area is 133 Å². The molecule has 0 aliphatic rings. The zero-order valence-electron chi connectivity index (χ0n) is 14.6. The quantitative estimate of drug-likeness (QED) is 0.700. The van der Waals surface area contributed by atoms with Crippen LogP contribution in [0, 0.1) is 5.41 Å². The molecule has 0 aliphatic carbocycles. The molecule has 0 fully saturated rings. The minimum atomic E-state index is 0.0516. The molecule has 0 spiro atoms. The van der Waals surface area contributed by atoms with Gasteiger partial charge in [0, 0.05) is 5.41 Å². The third-order valence-electron chi connectivity index (χ3n) is 4.85. The second-order valence-corrected chi connectivity index (χ2v) is 5.43. The second kappa shape index (κ2) is 8.13. The summed E-state index contributed by atoms with van der Waals surface area (Å²) in [5, 5.41) is 0. The first-order valence-corrected chi connectivity index (χ1v) is 7.81. The molecule has 0 saturated carbocycles. The molecule has 0 saturated heterocycles. The summed E-state index contributed by atoms with van der Waals surface area (Å²) >= 11 is 0. The van der Waals surface area contributed by atoms with Gasteiger partial charge in [-0.2, -0.15) is 5.90 Å². The molecule has 1 aromatic rings. The highest BCUT2D eigenvalue weighted by molar-refractivity contribution is 5.59. The lowest BCUT2D eigenvalue weighted by Gasteiger charge is -2.37. The van der Waals surface area contributed by atoms with E-state index in [1.165, 1.54) is 0 Å². The lowest BCUT2D eigenvalue weighted by molar-refractivity contribution is 0.0456. The van der Waals surface area contributed by atoms with E-state index in [0.717, 1.165) is 19.3 Å². The number of rotatable bonds is 9. The molecule has 126 valence electrons. The van der Waals surface area contributed by atoms with Crippen molar-refractivity contribution in [3.63, 3.8) is 0 Å². The Balaban J connectivity index is 3.17.